The second-order valence-corrected chi connectivity index (χ2v) is 5.14. The van der Waals surface area contributed by atoms with Gasteiger partial charge in [-0.15, -0.1) is 0 Å². The summed E-state index contributed by atoms with van der Waals surface area (Å²) in [5.41, 5.74) is 8.00. The number of anilines is 1. The van der Waals surface area contributed by atoms with Crippen molar-refractivity contribution in [3.63, 3.8) is 0 Å². The number of nitrogens with one attached hydrogen (secondary N) is 1. The Balaban J connectivity index is 2.69. The standard InChI is InChI=1S/C14H22N2O/c1-9(2)5-11(4)16-14(17)12-6-10(3)7-13(15)8-12/h6-9,11H,5,15H2,1-4H3,(H,16,17). The molecule has 0 bridgehead atoms. The average molecular weight is 234 g/mol. The van der Waals surface area contributed by atoms with Crippen LogP contribution in [0.15, 0.2) is 18.2 Å². The van der Waals surface area contributed by atoms with Crippen LogP contribution in [0, 0.1) is 12.8 Å². The molecule has 0 heterocycles. The van der Waals surface area contributed by atoms with Crippen molar-refractivity contribution in [2.24, 2.45) is 5.92 Å². The van der Waals surface area contributed by atoms with Crippen LogP contribution in [0.25, 0.3) is 0 Å². The van der Waals surface area contributed by atoms with Crippen molar-refractivity contribution in [1.82, 2.24) is 5.32 Å². The van der Waals surface area contributed by atoms with Gasteiger partial charge in [0.1, 0.15) is 0 Å². The summed E-state index contributed by atoms with van der Waals surface area (Å²) >= 11 is 0. The highest BCUT2D eigenvalue weighted by molar-refractivity contribution is 5.95. The van der Waals surface area contributed by atoms with Crippen molar-refractivity contribution in [3.8, 4) is 0 Å². The van der Waals surface area contributed by atoms with Gasteiger partial charge in [-0.25, -0.2) is 0 Å². The van der Waals surface area contributed by atoms with E-state index in [0.717, 1.165) is 12.0 Å². The molecule has 3 N–H and O–H groups in total. The highest BCUT2D eigenvalue weighted by Gasteiger charge is 2.11. The third-order valence-electron chi connectivity index (χ3n) is 2.56. The maximum absolute atomic E-state index is 12.0. The van der Waals surface area contributed by atoms with Gasteiger partial charge in [0, 0.05) is 17.3 Å². The lowest BCUT2D eigenvalue weighted by molar-refractivity contribution is 0.0936. The van der Waals surface area contributed by atoms with Crippen molar-refractivity contribution in [2.45, 2.75) is 40.2 Å². The largest absolute Gasteiger partial charge is 0.399 e. The lowest BCUT2D eigenvalue weighted by Crippen LogP contribution is -2.33. The SMILES string of the molecule is Cc1cc(N)cc(C(=O)NC(C)CC(C)C)c1. The monoisotopic (exact) mass is 234 g/mol. The predicted octanol–water partition coefficient (Wildman–Crippen LogP) is 2.74. The molecule has 1 aromatic carbocycles. The van der Waals surface area contributed by atoms with Crippen LogP contribution in [0.5, 0.6) is 0 Å². The summed E-state index contributed by atoms with van der Waals surface area (Å²) in [4.78, 5) is 12.0. The zero-order valence-electron chi connectivity index (χ0n) is 11.1. The van der Waals surface area contributed by atoms with E-state index < -0.39 is 0 Å². The van der Waals surface area contributed by atoms with Gasteiger partial charge in [0.25, 0.3) is 5.91 Å². The smallest absolute Gasteiger partial charge is 0.251 e. The van der Waals surface area contributed by atoms with Crippen LogP contribution < -0.4 is 11.1 Å². The maximum Gasteiger partial charge on any atom is 0.251 e. The Bertz CT molecular complexity index is 379. The van der Waals surface area contributed by atoms with Gasteiger partial charge in [-0.2, -0.15) is 0 Å². The summed E-state index contributed by atoms with van der Waals surface area (Å²) < 4.78 is 0. The summed E-state index contributed by atoms with van der Waals surface area (Å²) in [5.74, 6) is 0.529. The van der Waals surface area contributed by atoms with E-state index >= 15 is 0 Å². The number of amides is 1. The minimum Gasteiger partial charge on any atom is -0.399 e. The number of nitrogens with two attached hydrogens (primary N) is 1. The number of carbonyl (C=O) groups excluding carboxylic acids is 1. The lowest BCUT2D eigenvalue weighted by Gasteiger charge is -2.16. The third kappa shape index (κ3) is 4.47. The summed E-state index contributed by atoms with van der Waals surface area (Å²) in [6, 6.07) is 5.61. The first-order valence-electron chi connectivity index (χ1n) is 6.06. The molecule has 0 saturated heterocycles. The van der Waals surface area contributed by atoms with Crippen molar-refractivity contribution < 1.29 is 4.79 Å². The molecule has 0 aliphatic rings. The Morgan fingerprint density at radius 1 is 1.29 bits per heavy atom. The van der Waals surface area contributed by atoms with Crippen LogP contribution in [-0.4, -0.2) is 11.9 Å². The van der Waals surface area contributed by atoms with Gasteiger partial charge in [0.05, 0.1) is 0 Å². The molecule has 0 aliphatic carbocycles. The molecule has 1 amide bonds. The van der Waals surface area contributed by atoms with Gasteiger partial charge in [0.2, 0.25) is 0 Å². The van der Waals surface area contributed by atoms with E-state index in [2.05, 4.69) is 19.2 Å². The molecule has 1 rings (SSSR count). The minimum atomic E-state index is -0.0476. The highest BCUT2D eigenvalue weighted by atomic mass is 16.1. The van der Waals surface area contributed by atoms with E-state index in [1.165, 1.54) is 0 Å². The molecule has 0 radical (unpaired) electrons. The quantitative estimate of drug-likeness (QED) is 0.787. The van der Waals surface area contributed by atoms with Gasteiger partial charge in [-0.3, -0.25) is 4.79 Å². The molecular weight excluding hydrogens is 212 g/mol. The Kier molecular flexibility index (Phi) is 4.55. The molecule has 0 fully saturated rings. The topological polar surface area (TPSA) is 55.1 Å². The van der Waals surface area contributed by atoms with Crippen molar-refractivity contribution >= 4 is 11.6 Å². The number of aryl methyl sites for hydroxylation is 1. The van der Waals surface area contributed by atoms with Crippen LogP contribution in [0.3, 0.4) is 0 Å². The number of carbonyl (C=O) groups is 1. The summed E-state index contributed by atoms with van der Waals surface area (Å²) in [5, 5.41) is 2.99. The third-order valence-corrected chi connectivity index (χ3v) is 2.56. The molecule has 1 aromatic rings. The van der Waals surface area contributed by atoms with Crippen molar-refractivity contribution in [2.75, 3.05) is 5.73 Å². The molecular formula is C14H22N2O. The Labute approximate surface area is 103 Å². The fourth-order valence-corrected chi connectivity index (χ4v) is 2.02. The fraction of sp³-hybridized carbons (Fsp3) is 0.500. The molecule has 0 aliphatic heterocycles. The Morgan fingerprint density at radius 3 is 2.47 bits per heavy atom. The van der Waals surface area contributed by atoms with E-state index in [1.54, 1.807) is 6.07 Å². The van der Waals surface area contributed by atoms with Gasteiger partial charge in [-0.1, -0.05) is 13.8 Å². The van der Waals surface area contributed by atoms with Gasteiger partial charge >= 0.3 is 0 Å². The van der Waals surface area contributed by atoms with E-state index in [1.807, 2.05) is 26.0 Å². The number of rotatable bonds is 4. The van der Waals surface area contributed by atoms with Crippen LogP contribution >= 0.6 is 0 Å². The molecule has 0 spiro atoms. The van der Waals surface area contributed by atoms with Crippen LogP contribution in [0.4, 0.5) is 5.69 Å². The molecule has 1 unspecified atom stereocenters. The van der Waals surface area contributed by atoms with E-state index in [0.29, 0.717) is 17.2 Å². The maximum atomic E-state index is 12.0. The molecule has 0 aromatic heterocycles. The summed E-state index contributed by atoms with van der Waals surface area (Å²) in [7, 11) is 0. The summed E-state index contributed by atoms with van der Waals surface area (Å²) in [6.07, 6.45) is 0.979. The zero-order valence-corrected chi connectivity index (χ0v) is 11.1. The van der Waals surface area contributed by atoms with Gasteiger partial charge in [-0.05, 0) is 49.9 Å². The first-order valence-corrected chi connectivity index (χ1v) is 6.06. The molecule has 94 valence electrons. The normalized spacial score (nSPS) is 12.5. The minimum absolute atomic E-state index is 0.0476. The average Bonchev–Trinajstić information content (AvgIpc) is 2.14. The number of nitrogen functional groups attached to an aromatic ring is 1. The van der Waals surface area contributed by atoms with E-state index in [-0.39, 0.29) is 11.9 Å². The Hall–Kier alpha value is -1.51. The summed E-state index contributed by atoms with van der Waals surface area (Å²) in [6.45, 7) is 8.25. The van der Waals surface area contributed by atoms with Gasteiger partial charge < -0.3 is 11.1 Å². The van der Waals surface area contributed by atoms with Crippen LogP contribution in [-0.2, 0) is 0 Å². The lowest BCUT2D eigenvalue weighted by atomic mass is 10.0. The van der Waals surface area contributed by atoms with Crippen molar-refractivity contribution in [3.05, 3.63) is 29.3 Å². The predicted molar refractivity (Wildman–Crippen MR) is 72.0 cm³/mol. The molecule has 3 heteroatoms. The Morgan fingerprint density at radius 2 is 1.94 bits per heavy atom. The molecule has 0 saturated carbocycles. The van der Waals surface area contributed by atoms with Crippen LogP contribution in [0.1, 0.15) is 43.1 Å². The second-order valence-electron chi connectivity index (χ2n) is 5.14. The highest BCUT2D eigenvalue weighted by Crippen LogP contribution is 2.12. The zero-order chi connectivity index (χ0) is 13.0. The molecule has 3 nitrogen and oxygen atoms in total. The fourth-order valence-electron chi connectivity index (χ4n) is 2.02. The first kappa shape index (κ1) is 13.6. The number of benzene rings is 1. The number of hydrogen-bond acceptors (Lipinski definition) is 2. The van der Waals surface area contributed by atoms with Crippen molar-refractivity contribution in [1.29, 1.82) is 0 Å². The van der Waals surface area contributed by atoms with E-state index in [4.69, 9.17) is 5.73 Å². The van der Waals surface area contributed by atoms with Gasteiger partial charge in [0.15, 0.2) is 0 Å². The number of hydrogen-bond donors (Lipinski definition) is 2. The first-order chi connectivity index (χ1) is 7.88. The van der Waals surface area contributed by atoms with E-state index in [9.17, 15) is 4.79 Å². The molecule has 17 heavy (non-hydrogen) atoms. The second kappa shape index (κ2) is 5.71. The molecule has 1 atom stereocenters. The van der Waals surface area contributed by atoms with Crippen LogP contribution in [0.2, 0.25) is 0 Å².